The van der Waals surface area contributed by atoms with E-state index < -0.39 is 23.0 Å². The number of esters is 1. The van der Waals surface area contributed by atoms with Crippen LogP contribution in [-0.4, -0.2) is 37.4 Å². The van der Waals surface area contributed by atoms with Gasteiger partial charge >= 0.3 is 5.97 Å². The molecule has 0 aliphatic carbocycles. The van der Waals surface area contributed by atoms with Gasteiger partial charge in [0, 0.05) is 6.42 Å². The summed E-state index contributed by atoms with van der Waals surface area (Å²) in [7, 11) is 1.16. The van der Waals surface area contributed by atoms with E-state index in [0.29, 0.717) is 6.61 Å². The molecule has 1 fully saturated rings. The van der Waals surface area contributed by atoms with Gasteiger partial charge in [0.25, 0.3) is 0 Å². The van der Waals surface area contributed by atoms with Crippen molar-refractivity contribution in [3.63, 3.8) is 0 Å². The number of methoxy groups -OCH3 is 1. The third kappa shape index (κ3) is 2.07. The zero-order chi connectivity index (χ0) is 11.6. The van der Waals surface area contributed by atoms with E-state index in [4.69, 9.17) is 4.74 Å². The number of carbonyl (C=O) groups excluding carboxylic acids is 3. The summed E-state index contributed by atoms with van der Waals surface area (Å²) in [5.74, 6) is -1.77. The van der Waals surface area contributed by atoms with Crippen molar-refractivity contribution < 1.29 is 23.9 Å². The Hall–Kier alpha value is -1.23. The Bertz CT molecular complexity index is 289. The number of ether oxygens (including phenoxy) is 2. The highest BCUT2D eigenvalue weighted by Crippen LogP contribution is 2.33. The molecule has 1 unspecified atom stereocenters. The molecule has 5 heteroatoms. The van der Waals surface area contributed by atoms with Crippen LogP contribution in [0.1, 0.15) is 20.3 Å². The molecule has 0 radical (unpaired) electrons. The average Bonchev–Trinajstić information content (AvgIpc) is 2.95. The standard InChI is InChI=1S/C10H14O5/c1-6(11)10(7(2)12,9(13)14-3)4-8-5-15-8/h8H,4-5H2,1-3H3. The zero-order valence-electron chi connectivity index (χ0n) is 9.03. The third-order valence-electron chi connectivity index (χ3n) is 2.67. The lowest BCUT2D eigenvalue weighted by molar-refractivity contribution is -0.162. The molecule has 1 aliphatic heterocycles. The molecular formula is C10H14O5. The molecule has 0 aromatic heterocycles. The summed E-state index contributed by atoms with van der Waals surface area (Å²) in [6.45, 7) is 2.93. The van der Waals surface area contributed by atoms with Gasteiger partial charge in [-0.25, -0.2) is 0 Å². The number of epoxide rings is 1. The summed E-state index contributed by atoms with van der Waals surface area (Å²) in [4.78, 5) is 34.5. The maximum atomic E-state index is 11.6. The lowest BCUT2D eigenvalue weighted by Crippen LogP contribution is -2.46. The summed E-state index contributed by atoms with van der Waals surface area (Å²) in [6.07, 6.45) is -0.0958. The smallest absolute Gasteiger partial charge is 0.327 e. The van der Waals surface area contributed by atoms with Crippen LogP contribution in [-0.2, 0) is 23.9 Å². The van der Waals surface area contributed by atoms with Gasteiger partial charge in [-0.05, 0) is 13.8 Å². The molecule has 0 spiro atoms. The average molecular weight is 214 g/mol. The molecule has 0 aromatic rings. The molecular weight excluding hydrogens is 200 g/mol. The SMILES string of the molecule is COC(=O)C(CC1CO1)(C(C)=O)C(C)=O. The van der Waals surface area contributed by atoms with Crippen LogP contribution in [0.2, 0.25) is 0 Å². The molecule has 0 aromatic carbocycles. The minimum Gasteiger partial charge on any atom is -0.468 e. The van der Waals surface area contributed by atoms with Gasteiger partial charge in [0.2, 0.25) is 0 Å². The fraction of sp³-hybridized carbons (Fsp3) is 0.700. The Morgan fingerprint density at radius 1 is 1.33 bits per heavy atom. The first-order valence-electron chi connectivity index (χ1n) is 4.67. The first-order valence-corrected chi connectivity index (χ1v) is 4.67. The van der Waals surface area contributed by atoms with Gasteiger partial charge in [-0.1, -0.05) is 0 Å². The zero-order valence-corrected chi connectivity index (χ0v) is 9.03. The number of carbonyl (C=O) groups is 3. The quantitative estimate of drug-likeness (QED) is 0.369. The first kappa shape index (κ1) is 11.8. The summed E-state index contributed by atoms with van der Waals surface area (Å²) < 4.78 is 9.48. The van der Waals surface area contributed by atoms with Crippen molar-refractivity contribution in [2.75, 3.05) is 13.7 Å². The molecule has 0 N–H and O–H groups in total. The number of rotatable bonds is 5. The van der Waals surface area contributed by atoms with E-state index in [1.54, 1.807) is 0 Å². The van der Waals surface area contributed by atoms with Crippen LogP contribution in [0, 0.1) is 5.41 Å². The van der Waals surface area contributed by atoms with Crippen LogP contribution in [0.3, 0.4) is 0 Å². The Morgan fingerprint density at radius 3 is 2.07 bits per heavy atom. The van der Waals surface area contributed by atoms with Crippen molar-refractivity contribution in [1.82, 2.24) is 0 Å². The van der Waals surface area contributed by atoms with Crippen LogP contribution < -0.4 is 0 Å². The van der Waals surface area contributed by atoms with Crippen molar-refractivity contribution in [2.24, 2.45) is 5.41 Å². The first-order chi connectivity index (χ1) is 6.95. The second-order valence-electron chi connectivity index (χ2n) is 3.67. The van der Waals surface area contributed by atoms with Gasteiger partial charge in [-0.2, -0.15) is 0 Å². The van der Waals surface area contributed by atoms with E-state index in [1.807, 2.05) is 0 Å². The summed E-state index contributed by atoms with van der Waals surface area (Å²) in [6, 6.07) is 0. The van der Waals surface area contributed by atoms with Gasteiger partial charge in [0.05, 0.1) is 19.8 Å². The highest BCUT2D eigenvalue weighted by atomic mass is 16.6. The van der Waals surface area contributed by atoms with Crippen LogP contribution in [0.25, 0.3) is 0 Å². The molecule has 1 aliphatic rings. The molecule has 1 atom stereocenters. The Morgan fingerprint density at radius 2 is 1.80 bits per heavy atom. The summed E-state index contributed by atoms with van der Waals surface area (Å²) in [5.41, 5.74) is -1.67. The Balaban J connectivity index is 3.02. The van der Waals surface area contributed by atoms with Crippen LogP contribution in [0.15, 0.2) is 0 Å². The van der Waals surface area contributed by atoms with Crippen molar-refractivity contribution >= 4 is 17.5 Å². The molecule has 84 valence electrons. The largest absolute Gasteiger partial charge is 0.468 e. The topological polar surface area (TPSA) is 73.0 Å². The number of ketones is 2. The predicted octanol–water partition coefficient (Wildman–Crippen LogP) is 0.113. The lowest BCUT2D eigenvalue weighted by Gasteiger charge is -2.24. The highest BCUT2D eigenvalue weighted by Gasteiger charge is 2.52. The molecule has 0 amide bonds. The number of Topliss-reactive ketones (excluding diaryl/α,β-unsaturated/α-hetero) is 2. The molecule has 0 bridgehead atoms. The molecule has 5 nitrogen and oxygen atoms in total. The van der Waals surface area contributed by atoms with Crippen molar-refractivity contribution in [1.29, 1.82) is 0 Å². The molecule has 1 saturated heterocycles. The van der Waals surface area contributed by atoms with Gasteiger partial charge in [0.1, 0.15) is 0 Å². The summed E-state index contributed by atoms with van der Waals surface area (Å²) in [5, 5.41) is 0. The lowest BCUT2D eigenvalue weighted by atomic mass is 9.76. The van der Waals surface area contributed by atoms with Gasteiger partial charge in [-0.15, -0.1) is 0 Å². The highest BCUT2D eigenvalue weighted by molar-refractivity contribution is 6.21. The minimum atomic E-state index is -1.67. The maximum Gasteiger partial charge on any atom is 0.327 e. The van der Waals surface area contributed by atoms with Crippen molar-refractivity contribution in [3.05, 3.63) is 0 Å². The molecule has 1 rings (SSSR count). The van der Waals surface area contributed by atoms with Crippen LogP contribution >= 0.6 is 0 Å². The predicted molar refractivity (Wildman–Crippen MR) is 50.2 cm³/mol. The number of hydrogen-bond donors (Lipinski definition) is 0. The molecule has 15 heavy (non-hydrogen) atoms. The normalized spacial score (nSPS) is 19.5. The fourth-order valence-corrected chi connectivity index (χ4v) is 1.61. The van der Waals surface area contributed by atoms with E-state index in [0.717, 1.165) is 7.11 Å². The third-order valence-corrected chi connectivity index (χ3v) is 2.67. The van der Waals surface area contributed by atoms with E-state index in [-0.39, 0.29) is 12.5 Å². The monoisotopic (exact) mass is 214 g/mol. The van der Waals surface area contributed by atoms with Crippen molar-refractivity contribution in [2.45, 2.75) is 26.4 Å². The minimum absolute atomic E-state index is 0.0876. The Kier molecular flexibility index (Phi) is 3.24. The van der Waals surface area contributed by atoms with Gasteiger partial charge < -0.3 is 9.47 Å². The molecule has 0 saturated carbocycles. The second kappa shape index (κ2) is 4.10. The summed E-state index contributed by atoms with van der Waals surface area (Å²) >= 11 is 0. The van der Waals surface area contributed by atoms with Gasteiger partial charge in [0.15, 0.2) is 17.0 Å². The fourth-order valence-electron chi connectivity index (χ4n) is 1.61. The van der Waals surface area contributed by atoms with Crippen LogP contribution in [0.4, 0.5) is 0 Å². The van der Waals surface area contributed by atoms with E-state index in [2.05, 4.69) is 4.74 Å². The van der Waals surface area contributed by atoms with E-state index >= 15 is 0 Å². The van der Waals surface area contributed by atoms with E-state index in [1.165, 1.54) is 13.8 Å². The van der Waals surface area contributed by atoms with E-state index in [9.17, 15) is 14.4 Å². The van der Waals surface area contributed by atoms with Gasteiger partial charge in [-0.3, -0.25) is 14.4 Å². The number of hydrogen-bond acceptors (Lipinski definition) is 5. The maximum absolute atomic E-state index is 11.6. The van der Waals surface area contributed by atoms with Crippen molar-refractivity contribution in [3.8, 4) is 0 Å². The second-order valence-corrected chi connectivity index (χ2v) is 3.67. The molecule has 1 heterocycles. The van der Waals surface area contributed by atoms with Crippen LogP contribution in [0.5, 0.6) is 0 Å². The Labute approximate surface area is 87.7 Å².